The summed E-state index contributed by atoms with van der Waals surface area (Å²) in [6, 6.07) is 0. The lowest BCUT2D eigenvalue weighted by molar-refractivity contribution is -0.130. The van der Waals surface area contributed by atoms with Gasteiger partial charge in [-0.2, -0.15) is 10.2 Å². The summed E-state index contributed by atoms with van der Waals surface area (Å²) in [5.41, 5.74) is 2.83. The van der Waals surface area contributed by atoms with Crippen LogP contribution < -0.4 is 5.32 Å². The Bertz CT molecular complexity index is 685. The lowest BCUT2D eigenvalue weighted by atomic mass is 10.3. The van der Waals surface area contributed by atoms with E-state index in [2.05, 4.69) is 15.5 Å². The van der Waals surface area contributed by atoms with E-state index in [1.807, 2.05) is 18.5 Å². The van der Waals surface area contributed by atoms with Crippen molar-refractivity contribution >= 4 is 22.8 Å². The first-order chi connectivity index (χ1) is 10.4. The minimum absolute atomic E-state index is 0.0210. The molecule has 2 rings (SSSR count). The van der Waals surface area contributed by atoms with E-state index in [1.165, 1.54) is 4.90 Å². The number of hydrogen-bond donors (Lipinski definition) is 1. The molecule has 1 N–H and O–H groups in total. The van der Waals surface area contributed by atoms with Gasteiger partial charge < -0.3 is 10.2 Å². The average molecular weight is 306 g/mol. The summed E-state index contributed by atoms with van der Waals surface area (Å²) in [7, 11) is 3.31. The number of carbonyl (C=O) groups excluding carboxylic acids is 2. The Balaban J connectivity index is 1.96. The van der Waals surface area contributed by atoms with Crippen molar-refractivity contribution in [3.63, 3.8) is 0 Å². The van der Waals surface area contributed by atoms with Crippen LogP contribution in [0.15, 0.2) is 6.20 Å². The molecule has 0 spiro atoms. The Labute approximate surface area is 129 Å². The van der Waals surface area contributed by atoms with Crippen LogP contribution >= 0.6 is 0 Å². The van der Waals surface area contributed by atoms with Crippen molar-refractivity contribution in [3.8, 4) is 0 Å². The van der Waals surface area contributed by atoms with Gasteiger partial charge in [0, 0.05) is 27.1 Å². The molecule has 0 bridgehead atoms. The molecule has 0 aromatic carbocycles. The van der Waals surface area contributed by atoms with Crippen LogP contribution in [0.4, 0.5) is 0 Å². The van der Waals surface area contributed by atoms with Crippen LogP contribution in [0, 0.1) is 6.92 Å². The maximum absolute atomic E-state index is 11.8. The highest BCUT2D eigenvalue weighted by atomic mass is 16.2. The third-order valence-electron chi connectivity index (χ3n) is 3.50. The van der Waals surface area contributed by atoms with E-state index in [0.29, 0.717) is 6.54 Å². The zero-order chi connectivity index (χ0) is 16.3. The Morgan fingerprint density at radius 1 is 1.32 bits per heavy atom. The topological polar surface area (TPSA) is 85.0 Å². The van der Waals surface area contributed by atoms with Crippen molar-refractivity contribution in [2.24, 2.45) is 0 Å². The van der Waals surface area contributed by atoms with Gasteiger partial charge in [-0.15, -0.1) is 0 Å². The minimum Gasteiger partial charge on any atom is -0.347 e. The number of aryl methyl sites for hydroxylation is 3. The van der Waals surface area contributed by atoms with Gasteiger partial charge in [-0.1, -0.05) is 0 Å². The lowest BCUT2D eigenvalue weighted by Gasteiger charge is -2.11. The van der Waals surface area contributed by atoms with Crippen molar-refractivity contribution in [2.45, 2.75) is 33.4 Å². The molecule has 0 fully saturated rings. The number of fused-ring (bicyclic) bond motifs is 1. The monoisotopic (exact) mass is 306 g/mol. The zero-order valence-corrected chi connectivity index (χ0v) is 13.5. The Hall–Kier alpha value is -2.38. The summed E-state index contributed by atoms with van der Waals surface area (Å²) >= 11 is 0. The molecule has 0 radical (unpaired) electrons. The number of rotatable bonds is 6. The fourth-order valence-corrected chi connectivity index (χ4v) is 2.26. The molecule has 0 aliphatic carbocycles. The molecule has 0 aliphatic heterocycles. The van der Waals surface area contributed by atoms with Crippen molar-refractivity contribution in [1.29, 1.82) is 0 Å². The Kier molecular flexibility index (Phi) is 4.79. The average Bonchev–Trinajstić information content (AvgIpc) is 3.04. The fourth-order valence-electron chi connectivity index (χ4n) is 2.26. The summed E-state index contributed by atoms with van der Waals surface area (Å²) in [5.74, 6) is -0.297. The van der Waals surface area contributed by atoms with E-state index in [4.69, 9.17) is 0 Å². The molecule has 2 aromatic heterocycles. The van der Waals surface area contributed by atoms with Gasteiger partial charge in [0.1, 0.15) is 11.0 Å². The molecule has 22 heavy (non-hydrogen) atoms. The number of hydrogen-bond acceptors (Lipinski definition) is 4. The van der Waals surface area contributed by atoms with Gasteiger partial charge in [0.25, 0.3) is 0 Å². The lowest BCUT2D eigenvalue weighted by Crippen LogP contribution is -2.36. The Morgan fingerprint density at radius 2 is 2.05 bits per heavy atom. The summed E-state index contributed by atoms with van der Waals surface area (Å²) in [6.45, 7) is 5.22. The van der Waals surface area contributed by atoms with E-state index in [0.717, 1.165) is 23.3 Å². The predicted molar refractivity (Wildman–Crippen MR) is 82.2 cm³/mol. The van der Waals surface area contributed by atoms with E-state index >= 15 is 0 Å². The number of likely N-dealkylation sites (N-methyl/N-ethyl adjacent to an activating group) is 1. The fraction of sp³-hybridized carbons (Fsp3) is 0.571. The van der Waals surface area contributed by atoms with Crippen LogP contribution in [0.1, 0.15) is 19.0 Å². The Morgan fingerprint density at radius 3 is 2.68 bits per heavy atom. The zero-order valence-electron chi connectivity index (χ0n) is 13.5. The minimum atomic E-state index is -0.167. The number of amides is 2. The van der Waals surface area contributed by atoms with Crippen molar-refractivity contribution < 1.29 is 9.59 Å². The summed E-state index contributed by atoms with van der Waals surface area (Å²) in [6.07, 6.45) is 2.04. The predicted octanol–water partition coefficient (Wildman–Crippen LogP) is 0.156. The molecule has 0 saturated heterocycles. The first kappa shape index (κ1) is 16.0. The molecule has 0 atom stereocenters. The molecule has 2 amide bonds. The van der Waals surface area contributed by atoms with E-state index < -0.39 is 0 Å². The van der Waals surface area contributed by atoms with Crippen molar-refractivity contribution in [1.82, 2.24) is 29.8 Å². The van der Waals surface area contributed by atoms with Crippen LogP contribution in [0.25, 0.3) is 11.0 Å². The number of nitrogens with one attached hydrogen (secondary N) is 1. The number of nitrogens with zero attached hydrogens (tertiary/aromatic N) is 5. The highest BCUT2D eigenvalue weighted by Crippen LogP contribution is 2.17. The maximum atomic E-state index is 11.8. The summed E-state index contributed by atoms with van der Waals surface area (Å²) in [5, 5.41) is 11.4. The molecule has 0 saturated carbocycles. The van der Waals surface area contributed by atoms with E-state index in [-0.39, 0.29) is 24.8 Å². The smallest absolute Gasteiger partial charge is 0.241 e. The van der Waals surface area contributed by atoms with Gasteiger partial charge >= 0.3 is 0 Å². The summed E-state index contributed by atoms with van der Waals surface area (Å²) in [4.78, 5) is 24.7. The molecular formula is C14H22N6O2. The molecule has 0 aliphatic rings. The van der Waals surface area contributed by atoms with E-state index in [9.17, 15) is 9.59 Å². The van der Waals surface area contributed by atoms with Gasteiger partial charge in [-0.25, -0.2) is 0 Å². The molecular weight excluding hydrogens is 284 g/mol. The number of aromatic nitrogens is 4. The molecule has 2 heterocycles. The first-order valence-electron chi connectivity index (χ1n) is 7.29. The van der Waals surface area contributed by atoms with E-state index in [1.54, 1.807) is 25.0 Å². The summed E-state index contributed by atoms with van der Waals surface area (Å²) < 4.78 is 3.68. The van der Waals surface area contributed by atoms with Gasteiger partial charge in [-0.3, -0.25) is 19.0 Å². The maximum Gasteiger partial charge on any atom is 0.241 e. The number of carbonyl (C=O) groups is 2. The quantitative estimate of drug-likeness (QED) is 0.823. The van der Waals surface area contributed by atoms with Crippen LogP contribution in [0.5, 0.6) is 0 Å². The van der Waals surface area contributed by atoms with Crippen LogP contribution in [0.2, 0.25) is 0 Å². The van der Waals surface area contributed by atoms with Gasteiger partial charge in [0.2, 0.25) is 11.8 Å². The molecule has 8 heteroatoms. The molecule has 120 valence electrons. The highest BCUT2D eigenvalue weighted by molar-refractivity contribution is 5.84. The van der Waals surface area contributed by atoms with Crippen molar-refractivity contribution in [3.05, 3.63) is 11.9 Å². The van der Waals surface area contributed by atoms with Crippen LogP contribution in [-0.4, -0.2) is 56.9 Å². The molecule has 0 unspecified atom stereocenters. The van der Waals surface area contributed by atoms with Crippen LogP contribution in [-0.2, 0) is 22.7 Å². The standard InChI is InChI=1S/C14H22N6O2/c1-5-19-11-8-16-20(14(11)10(2)17-19)7-6-12(21)15-9-13(22)18(3)4/h8H,5-7,9H2,1-4H3,(H,15,21). The van der Waals surface area contributed by atoms with Gasteiger partial charge in [0.05, 0.1) is 25.0 Å². The van der Waals surface area contributed by atoms with Crippen molar-refractivity contribution in [2.75, 3.05) is 20.6 Å². The second kappa shape index (κ2) is 6.59. The third-order valence-corrected chi connectivity index (χ3v) is 3.50. The van der Waals surface area contributed by atoms with Crippen LogP contribution in [0.3, 0.4) is 0 Å². The van der Waals surface area contributed by atoms with Gasteiger partial charge in [0.15, 0.2) is 0 Å². The van der Waals surface area contributed by atoms with Gasteiger partial charge in [-0.05, 0) is 13.8 Å². The SMILES string of the molecule is CCn1nc(C)c2c1cnn2CCC(=O)NCC(=O)N(C)C. The third kappa shape index (κ3) is 3.26. The highest BCUT2D eigenvalue weighted by Gasteiger charge is 2.14. The first-order valence-corrected chi connectivity index (χ1v) is 7.29. The second-order valence-electron chi connectivity index (χ2n) is 5.32. The molecule has 8 nitrogen and oxygen atoms in total. The molecule has 2 aromatic rings. The normalized spacial score (nSPS) is 10.9. The largest absolute Gasteiger partial charge is 0.347 e. The second-order valence-corrected chi connectivity index (χ2v) is 5.32.